The largest absolute Gasteiger partial charge is 0.395 e. The Morgan fingerprint density at radius 1 is 1.29 bits per heavy atom. The Bertz CT molecular complexity index is 691. The molecule has 17 heavy (non-hydrogen) atoms. The molecule has 3 aromatic rings. The second-order valence-electron chi connectivity index (χ2n) is 4.28. The van der Waals surface area contributed by atoms with Crippen LogP contribution in [0.5, 0.6) is 0 Å². The minimum atomic E-state index is 0.723. The summed E-state index contributed by atoms with van der Waals surface area (Å²) in [5, 5.41) is 8.39. The number of anilines is 1. The Morgan fingerprint density at radius 2 is 2.06 bits per heavy atom. The first kappa shape index (κ1) is 9.96. The number of benzene rings is 1. The van der Waals surface area contributed by atoms with E-state index in [-0.39, 0.29) is 0 Å². The number of nitrogen functional groups attached to an aromatic ring is 1. The van der Waals surface area contributed by atoms with Crippen molar-refractivity contribution in [3.8, 4) is 11.3 Å². The van der Waals surface area contributed by atoms with Gasteiger partial charge in [-0.05, 0) is 13.0 Å². The Balaban J connectivity index is 2.35. The fourth-order valence-corrected chi connectivity index (χ4v) is 2.17. The molecule has 0 saturated carbocycles. The van der Waals surface area contributed by atoms with Crippen LogP contribution in [0.25, 0.3) is 22.2 Å². The van der Waals surface area contributed by atoms with Gasteiger partial charge in [-0.2, -0.15) is 5.10 Å². The van der Waals surface area contributed by atoms with Crippen LogP contribution in [0.4, 0.5) is 5.69 Å². The van der Waals surface area contributed by atoms with E-state index in [1.165, 1.54) is 10.9 Å². The monoisotopic (exact) mass is 226 g/mol. The molecule has 86 valence electrons. The third kappa shape index (κ3) is 1.34. The van der Waals surface area contributed by atoms with Crippen molar-refractivity contribution in [2.24, 2.45) is 7.05 Å². The van der Waals surface area contributed by atoms with Crippen LogP contribution in [-0.2, 0) is 7.05 Å². The number of nitrogens with two attached hydrogens (primary N) is 1. The minimum Gasteiger partial charge on any atom is -0.395 e. The van der Waals surface area contributed by atoms with E-state index in [1.54, 1.807) is 0 Å². The zero-order valence-electron chi connectivity index (χ0n) is 9.86. The minimum absolute atomic E-state index is 0.723. The van der Waals surface area contributed by atoms with E-state index < -0.39 is 0 Å². The molecule has 4 heteroatoms. The summed E-state index contributed by atoms with van der Waals surface area (Å²) in [5.41, 5.74) is 10.8. The van der Waals surface area contributed by atoms with Crippen molar-refractivity contribution >= 4 is 16.6 Å². The molecule has 0 saturated heterocycles. The van der Waals surface area contributed by atoms with E-state index >= 15 is 0 Å². The molecule has 0 unspecified atom stereocenters. The fraction of sp³-hybridized carbons (Fsp3) is 0.154. The summed E-state index contributed by atoms with van der Waals surface area (Å²) in [7, 11) is 2.03. The van der Waals surface area contributed by atoms with Crippen LogP contribution in [0, 0.1) is 6.92 Å². The zero-order valence-corrected chi connectivity index (χ0v) is 9.86. The average Bonchev–Trinajstić information content (AvgIpc) is 2.83. The number of aryl methyl sites for hydroxylation is 2. The Labute approximate surface area is 99.1 Å². The van der Waals surface area contributed by atoms with Gasteiger partial charge in [-0.25, -0.2) is 0 Å². The standard InChI is InChI=1S/C13H14N4/c1-8-12(14)13(16-15-8)10-7-17(2)11-6-4-3-5-9(10)11/h3-7H,14H2,1-2H3,(H,15,16). The summed E-state index contributed by atoms with van der Waals surface area (Å²) in [6.45, 7) is 1.93. The van der Waals surface area contributed by atoms with E-state index in [9.17, 15) is 0 Å². The van der Waals surface area contributed by atoms with Crippen LogP contribution in [0.1, 0.15) is 5.69 Å². The number of nitrogens with zero attached hydrogens (tertiary/aromatic N) is 2. The number of nitrogens with one attached hydrogen (secondary N) is 1. The van der Waals surface area contributed by atoms with Gasteiger partial charge in [0.05, 0.1) is 11.4 Å². The lowest BCUT2D eigenvalue weighted by Crippen LogP contribution is -1.88. The van der Waals surface area contributed by atoms with Gasteiger partial charge in [0.25, 0.3) is 0 Å². The van der Waals surface area contributed by atoms with E-state index in [2.05, 4.69) is 33.1 Å². The van der Waals surface area contributed by atoms with Gasteiger partial charge < -0.3 is 10.3 Å². The van der Waals surface area contributed by atoms with Crippen molar-refractivity contribution in [2.75, 3.05) is 5.73 Å². The topological polar surface area (TPSA) is 59.6 Å². The second-order valence-corrected chi connectivity index (χ2v) is 4.28. The highest BCUT2D eigenvalue weighted by Crippen LogP contribution is 2.32. The van der Waals surface area contributed by atoms with Crippen molar-refractivity contribution in [3.05, 3.63) is 36.2 Å². The molecule has 0 atom stereocenters. The highest BCUT2D eigenvalue weighted by molar-refractivity contribution is 5.97. The molecule has 4 nitrogen and oxygen atoms in total. The molecule has 1 aromatic carbocycles. The SMILES string of the molecule is Cc1[nH]nc(-c2cn(C)c3ccccc23)c1N. The Kier molecular flexibility index (Phi) is 1.98. The first-order valence-electron chi connectivity index (χ1n) is 5.53. The van der Waals surface area contributed by atoms with Crippen LogP contribution < -0.4 is 5.73 Å². The molecule has 0 aliphatic carbocycles. The summed E-state index contributed by atoms with van der Waals surface area (Å²) >= 11 is 0. The lowest BCUT2D eigenvalue weighted by molar-refractivity contribution is 0.968. The molecule has 2 heterocycles. The molecular weight excluding hydrogens is 212 g/mol. The first-order valence-corrected chi connectivity index (χ1v) is 5.53. The van der Waals surface area contributed by atoms with Crippen molar-refractivity contribution in [1.29, 1.82) is 0 Å². The number of para-hydroxylation sites is 1. The number of hydrogen-bond acceptors (Lipinski definition) is 2. The second kappa shape index (κ2) is 3.38. The molecule has 0 bridgehead atoms. The van der Waals surface area contributed by atoms with E-state index in [0.717, 1.165) is 22.6 Å². The molecule has 0 spiro atoms. The molecule has 3 N–H and O–H groups in total. The molecule has 0 amide bonds. The Morgan fingerprint density at radius 3 is 2.76 bits per heavy atom. The molecule has 0 aliphatic rings. The lowest BCUT2D eigenvalue weighted by Gasteiger charge is -1.96. The summed E-state index contributed by atoms with van der Waals surface area (Å²) in [5.74, 6) is 0. The van der Waals surface area contributed by atoms with Crippen molar-refractivity contribution in [2.45, 2.75) is 6.92 Å². The number of aromatic nitrogens is 3. The zero-order chi connectivity index (χ0) is 12.0. The van der Waals surface area contributed by atoms with E-state index in [0.29, 0.717) is 0 Å². The van der Waals surface area contributed by atoms with Gasteiger partial charge in [0, 0.05) is 29.7 Å². The molecular formula is C13H14N4. The van der Waals surface area contributed by atoms with Gasteiger partial charge in [0.1, 0.15) is 5.69 Å². The Hall–Kier alpha value is -2.23. The smallest absolute Gasteiger partial charge is 0.117 e. The molecule has 0 fully saturated rings. The maximum Gasteiger partial charge on any atom is 0.117 e. The highest BCUT2D eigenvalue weighted by Gasteiger charge is 2.14. The van der Waals surface area contributed by atoms with Gasteiger partial charge in [-0.15, -0.1) is 0 Å². The van der Waals surface area contributed by atoms with Crippen molar-refractivity contribution in [3.63, 3.8) is 0 Å². The summed E-state index contributed by atoms with van der Waals surface area (Å²) in [6.07, 6.45) is 2.07. The third-order valence-electron chi connectivity index (χ3n) is 3.15. The lowest BCUT2D eigenvalue weighted by atomic mass is 10.1. The number of fused-ring (bicyclic) bond motifs is 1. The van der Waals surface area contributed by atoms with Crippen molar-refractivity contribution < 1.29 is 0 Å². The number of rotatable bonds is 1. The highest BCUT2D eigenvalue weighted by atomic mass is 15.1. The average molecular weight is 226 g/mol. The van der Waals surface area contributed by atoms with Crippen LogP contribution in [0.15, 0.2) is 30.5 Å². The van der Waals surface area contributed by atoms with Gasteiger partial charge in [0.15, 0.2) is 0 Å². The predicted octanol–water partition coefficient (Wildman–Crippen LogP) is 2.46. The number of aromatic amines is 1. The van der Waals surface area contributed by atoms with Crippen LogP contribution >= 0.6 is 0 Å². The van der Waals surface area contributed by atoms with Crippen molar-refractivity contribution in [1.82, 2.24) is 14.8 Å². The van der Waals surface area contributed by atoms with E-state index in [1.807, 2.05) is 26.1 Å². The fourth-order valence-electron chi connectivity index (χ4n) is 2.17. The molecule has 0 radical (unpaired) electrons. The summed E-state index contributed by atoms with van der Waals surface area (Å²) in [6, 6.07) is 8.25. The van der Waals surface area contributed by atoms with Gasteiger partial charge in [0.2, 0.25) is 0 Å². The first-order chi connectivity index (χ1) is 8.18. The van der Waals surface area contributed by atoms with E-state index in [4.69, 9.17) is 5.73 Å². The maximum atomic E-state index is 6.03. The van der Waals surface area contributed by atoms with Crippen LogP contribution in [0.2, 0.25) is 0 Å². The predicted molar refractivity (Wildman–Crippen MR) is 69.7 cm³/mol. The van der Waals surface area contributed by atoms with Crippen LogP contribution in [0.3, 0.4) is 0 Å². The molecule has 3 rings (SSSR count). The third-order valence-corrected chi connectivity index (χ3v) is 3.15. The van der Waals surface area contributed by atoms with Gasteiger partial charge >= 0.3 is 0 Å². The summed E-state index contributed by atoms with van der Waals surface area (Å²) in [4.78, 5) is 0. The maximum absolute atomic E-state index is 6.03. The van der Waals surface area contributed by atoms with Gasteiger partial charge in [-0.3, -0.25) is 5.10 Å². The normalized spacial score (nSPS) is 11.2. The molecule has 2 aromatic heterocycles. The van der Waals surface area contributed by atoms with Crippen LogP contribution in [-0.4, -0.2) is 14.8 Å². The number of H-pyrrole nitrogens is 1. The van der Waals surface area contributed by atoms with Gasteiger partial charge in [-0.1, -0.05) is 18.2 Å². The summed E-state index contributed by atoms with van der Waals surface area (Å²) < 4.78 is 2.09. The molecule has 0 aliphatic heterocycles. The number of hydrogen-bond donors (Lipinski definition) is 2. The quantitative estimate of drug-likeness (QED) is 0.669.